The molecule has 3 aromatic rings. The number of hydrogen-bond acceptors (Lipinski definition) is 7. The standard InChI is InChI=1S/C22H25N3O5S/c1-4-7-8-17(26)23-20-18-16(13-31-20)19(22(28)30-6-3)24-25(21(18)27)14-9-11-15(12-10-14)29-5-2/h9-13H,4-8H2,1-3H3,(H,23,26). The lowest BCUT2D eigenvalue weighted by atomic mass is 10.2. The summed E-state index contributed by atoms with van der Waals surface area (Å²) < 4.78 is 11.7. The van der Waals surface area contributed by atoms with Crippen LogP contribution in [-0.2, 0) is 9.53 Å². The Morgan fingerprint density at radius 3 is 2.52 bits per heavy atom. The number of benzene rings is 1. The molecule has 9 heteroatoms. The minimum atomic E-state index is -0.631. The van der Waals surface area contributed by atoms with Gasteiger partial charge in [0.05, 0.1) is 24.3 Å². The number of aromatic nitrogens is 2. The molecule has 0 saturated carbocycles. The van der Waals surface area contributed by atoms with Gasteiger partial charge in [-0.15, -0.1) is 11.3 Å². The highest BCUT2D eigenvalue weighted by Crippen LogP contribution is 2.31. The molecule has 0 unspecified atom stereocenters. The van der Waals surface area contributed by atoms with Gasteiger partial charge >= 0.3 is 5.97 Å². The first-order chi connectivity index (χ1) is 15.0. The lowest BCUT2D eigenvalue weighted by Crippen LogP contribution is -2.25. The number of anilines is 1. The SMILES string of the molecule is CCCCC(=O)Nc1scc2c(C(=O)OCC)nn(-c3ccc(OCC)cc3)c(=O)c12. The first-order valence-electron chi connectivity index (χ1n) is 10.2. The van der Waals surface area contributed by atoms with E-state index < -0.39 is 11.5 Å². The topological polar surface area (TPSA) is 99.5 Å². The van der Waals surface area contributed by atoms with E-state index in [4.69, 9.17) is 9.47 Å². The molecule has 1 N–H and O–H groups in total. The smallest absolute Gasteiger partial charge is 0.359 e. The third-order valence-corrected chi connectivity index (χ3v) is 5.42. The van der Waals surface area contributed by atoms with Gasteiger partial charge in [0.15, 0.2) is 5.69 Å². The molecule has 3 rings (SSSR count). The molecule has 1 aromatic carbocycles. The molecule has 2 heterocycles. The number of hydrogen-bond donors (Lipinski definition) is 1. The Morgan fingerprint density at radius 2 is 1.87 bits per heavy atom. The highest BCUT2D eigenvalue weighted by Gasteiger charge is 2.23. The van der Waals surface area contributed by atoms with E-state index in [-0.39, 0.29) is 23.6 Å². The molecule has 31 heavy (non-hydrogen) atoms. The van der Waals surface area contributed by atoms with Crippen LogP contribution in [-0.4, -0.2) is 34.9 Å². The Bertz CT molecular complexity index is 1130. The summed E-state index contributed by atoms with van der Waals surface area (Å²) in [7, 11) is 0. The number of amides is 1. The quantitative estimate of drug-likeness (QED) is 0.499. The summed E-state index contributed by atoms with van der Waals surface area (Å²) in [5.74, 6) is -0.147. The second-order valence-corrected chi connectivity index (χ2v) is 7.60. The van der Waals surface area contributed by atoms with E-state index in [9.17, 15) is 14.4 Å². The van der Waals surface area contributed by atoms with Gasteiger partial charge in [-0.25, -0.2) is 4.79 Å². The van der Waals surface area contributed by atoms with Crippen LogP contribution in [0, 0.1) is 0 Å². The average molecular weight is 444 g/mol. The summed E-state index contributed by atoms with van der Waals surface area (Å²) >= 11 is 1.19. The van der Waals surface area contributed by atoms with Crippen molar-refractivity contribution in [3.8, 4) is 11.4 Å². The fourth-order valence-corrected chi connectivity index (χ4v) is 4.00. The molecule has 0 saturated heterocycles. The number of unbranched alkanes of at least 4 members (excludes halogenated alkanes) is 1. The maximum Gasteiger partial charge on any atom is 0.359 e. The maximum atomic E-state index is 13.3. The third-order valence-electron chi connectivity index (χ3n) is 4.52. The van der Waals surface area contributed by atoms with Crippen LogP contribution in [0.3, 0.4) is 0 Å². The molecule has 0 aliphatic heterocycles. The fourth-order valence-electron chi connectivity index (χ4n) is 3.04. The van der Waals surface area contributed by atoms with Crippen LogP contribution in [0.15, 0.2) is 34.4 Å². The van der Waals surface area contributed by atoms with Crippen molar-refractivity contribution in [3.05, 3.63) is 45.7 Å². The van der Waals surface area contributed by atoms with Gasteiger partial charge in [-0.3, -0.25) is 9.59 Å². The van der Waals surface area contributed by atoms with E-state index in [0.29, 0.717) is 34.9 Å². The molecule has 0 atom stereocenters. The van der Waals surface area contributed by atoms with Crippen LogP contribution in [0.5, 0.6) is 5.75 Å². The van der Waals surface area contributed by atoms with Gasteiger partial charge in [0.1, 0.15) is 10.8 Å². The summed E-state index contributed by atoms with van der Waals surface area (Å²) in [6, 6.07) is 6.82. The number of esters is 1. The molecule has 0 bridgehead atoms. The number of carbonyl (C=O) groups is 2. The zero-order valence-electron chi connectivity index (χ0n) is 17.8. The molecule has 0 aliphatic rings. The molecule has 164 valence electrons. The van der Waals surface area contributed by atoms with E-state index in [1.807, 2.05) is 13.8 Å². The van der Waals surface area contributed by atoms with Gasteiger partial charge in [0.25, 0.3) is 5.56 Å². The normalized spacial score (nSPS) is 10.8. The first-order valence-corrected chi connectivity index (χ1v) is 11.1. The van der Waals surface area contributed by atoms with Crippen LogP contribution in [0.4, 0.5) is 5.00 Å². The number of nitrogens with zero attached hydrogens (tertiary/aromatic N) is 2. The van der Waals surface area contributed by atoms with Crippen molar-refractivity contribution in [3.63, 3.8) is 0 Å². The zero-order valence-corrected chi connectivity index (χ0v) is 18.6. The number of carbonyl (C=O) groups excluding carboxylic acids is 2. The predicted molar refractivity (Wildman–Crippen MR) is 120 cm³/mol. The molecular weight excluding hydrogens is 418 g/mol. The van der Waals surface area contributed by atoms with Gasteiger partial charge in [-0.05, 0) is 44.5 Å². The van der Waals surface area contributed by atoms with Gasteiger partial charge in [-0.2, -0.15) is 9.78 Å². The van der Waals surface area contributed by atoms with E-state index in [1.165, 1.54) is 11.3 Å². The zero-order chi connectivity index (χ0) is 22.4. The molecule has 0 radical (unpaired) electrons. The van der Waals surface area contributed by atoms with Crippen LogP contribution >= 0.6 is 11.3 Å². The summed E-state index contributed by atoms with van der Waals surface area (Å²) in [4.78, 5) is 38.2. The number of fused-ring (bicyclic) bond motifs is 1. The summed E-state index contributed by atoms with van der Waals surface area (Å²) in [5.41, 5.74) is 0.0604. The Kier molecular flexibility index (Phi) is 7.41. The van der Waals surface area contributed by atoms with E-state index >= 15 is 0 Å². The van der Waals surface area contributed by atoms with Crippen molar-refractivity contribution in [1.82, 2.24) is 9.78 Å². The number of nitrogens with one attached hydrogen (secondary N) is 1. The lowest BCUT2D eigenvalue weighted by molar-refractivity contribution is -0.116. The van der Waals surface area contributed by atoms with E-state index in [2.05, 4.69) is 10.4 Å². The Hall–Kier alpha value is -3.20. The van der Waals surface area contributed by atoms with Crippen LogP contribution in [0.25, 0.3) is 16.5 Å². The summed E-state index contributed by atoms with van der Waals surface area (Å²) in [6.45, 7) is 6.28. The highest BCUT2D eigenvalue weighted by molar-refractivity contribution is 7.16. The molecule has 0 fully saturated rings. The van der Waals surface area contributed by atoms with E-state index in [1.54, 1.807) is 36.6 Å². The largest absolute Gasteiger partial charge is 0.494 e. The minimum absolute atomic E-state index is 0.0237. The van der Waals surface area contributed by atoms with Crippen molar-refractivity contribution in [1.29, 1.82) is 0 Å². The molecule has 0 spiro atoms. The van der Waals surface area contributed by atoms with Crippen molar-refractivity contribution in [2.45, 2.75) is 40.0 Å². The number of thiophene rings is 1. The van der Waals surface area contributed by atoms with Crippen molar-refractivity contribution in [2.24, 2.45) is 0 Å². The second-order valence-electron chi connectivity index (χ2n) is 6.72. The van der Waals surface area contributed by atoms with Crippen molar-refractivity contribution in [2.75, 3.05) is 18.5 Å². The van der Waals surface area contributed by atoms with Gasteiger partial charge in [0.2, 0.25) is 5.91 Å². The molecular formula is C22H25N3O5S. The molecule has 1 amide bonds. The number of rotatable bonds is 9. The molecule has 2 aromatic heterocycles. The summed E-state index contributed by atoms with van der Waals surface area (Å²) in [6.07, 6.45) is 2.00. The number of ether oxygens (including phenoxy) is 2. The van der Waals surface area contributed by atoms with E-state index in [0.717, 1.165) is 17.5 Å². The Labute approximate surface area is 183 Å². The third kappa shape index (κ3) is 4.93. The fraction of sp³-hybridized carbons (Fsp3) is 0.364. The van der Waals surface area contributed by atoms with Crippen LogP contribution < -0.4 is 15.6 Å². The first kappa shape index (κ1) is 22.5. The second kappa shape index (κ2) is 10.2. The van der Waals surface area contributed by atoms with Gasteiger partial charge in [0, 0.05) is 17.2 Å². The average Bonchev–Trinajstić information content (AvgIpc) is 3.17. The van der Waals surface area contributed by atoms with Crippen LogP contribution in [0.2, 0.25) is 0 Å². The van der Waals surface area contributed by atoms with Crippen LogP contribution in [0.1, 0.15) is 50.5 Å². The van der Waals surface area contributed by atoms with Gasteiger partial charge in [-0.1, -0.05) is 13.3 Å². The Morgan fingerprint density at radius 1 is 1.13 bits per heavy atom. The summed E-state index contributed by atoms with van der Waals surface area (Å²) in [5, 5.41) is 9.74. The molecule has 0 aliphatic carbocycles. The van der Waals surface area contributed by atoms with Gasteiger partial charge < -0.3 is 14.8 Å². The highest BCUT2D eigenvalue weighted by atomic mass is 32.1. The predicted octanol–water partition coefficient (Wildman–Crippen LogP) is 4.15. The maximum absolute atomic E-state index is 13.3. The Balaban J connectivity index is 2.14. The van der Waals surface area contributed by atoms with Crippen molar-refractivity contribution < 1.29 is 19.1 Å². The molecule has 8 nitrogen and oxygen atoms in total. The monoisotopic (exact) mass is 443 g/mol. The lowest BCUT2D eigenvalue weighted by Gasteiger charge is -2.10. The van der Waals surface area contributed by atoms with Crippen molar-refractivity contribution >= 4 is 39.0 Å². The minimum Gasteiger partial charge on any atom is -0.494 e.